The molecule has 1 atom stereocenters. The Balaban J connectivity index is 1.90. The summed E-state index contributed by atoms with van der Waals surface area (Å²) in [6.45, 7) is 5.57. The number of amides is 1. The standard InChI is InChI=1S/C17H21N3O3S/c1-12-10-14(13(2)20(12)15-6-4-5-8-18-15)16(21)19-17(3)7-9-24(22,23)11-17/h4-6,8,10H,7,9,11H2,1-3H3,(H,19,21). The summed E-state index contributed by atoms with van der Waals surface area (Å²) < 4.78 is 25.3. The van der Waals surface area contributed by atoms with Crippen LogP contribution in [0.5, 0.6) is 0 Å². The van der Waals surface area contributed by atoms with Gasteiger partial charge in [-0.3, -0.25) is 4.79 Å². The maximum Gasteiger partial charge on any atom is 0.253 e. The number of nitrogens with zero attached hydrogens (tertiary/aromatic N) is 2. The SMILES string of the molecule is Cc1cc(C(=O)NC2(C)CCS(=O)(=O)C2)c(C)n1-c1ccccn1. The van der Waals surface area contributed by atoms with Gasteiger partial charge in [-0.2, -0.15) is 0 Å². The Hall–Kier alpha value is -2.15. The normalized spacial score (nSPS) is 22.5. The van der Waals surface area contributed by atoms with Crippen LogP contribution in [0.15, 0.2) is 30.5 Å². The Bertz CT molecular complexity index is 887. The molecule has 7 heteroatoms. The number of carbonyl (C=O) groups excluding carboxylic acids is 1. The van der Waals surface area contributed by atoms with E-state index in [0.29, 0.717) is 12.0 Å². The molecule has 1 fully saturated rings. The molecule has 0 aromatic carbocycles. The molecule has 1 amide bonds. The summed E-state index contributed by atoms with van der Waals surface area (Å²) in [6, 6.07) is 7.43. The van der Waals surface area contributed by atoms with Crippen molar-refractivity contribution in [3.8, 4) is 5.82 Å². The molecule has 0 bridgehead atoms. The predicted octanol–water partition coefficient (Wildman–Crippen LogP) is 1.80. The third-order valence-corrected chi connectivity index (χ3v) is 6.38. The summed E-state index contributed by atoms with van der Waals surface area (Å²) in [7, 11) is -3.07. The van der Waals surface area contributed by atoms with Crippen LogP contribution in [0.4, 0.5) is 0 Å². The van der Waals surface area contributed by atoms with Crippen LogP contribution in [0.1, 0.15) is 35.1 Å². The van der Waals surface area contributed by atoms with Crippen LogP contribution in [0.25, 0.3) is 5.82 Å². The number of rotatable bonds is 3. The second-order valence-electron chi connectivity index (χ2n) is 6.66. The number of sulfone groups is 1. The van der Waals surface area contributed by atoms with Gasteiger partial charge in [0.2, 0.25) is 0 Å². The molecular weight excluding hydrogens is 326 g/mol. The van der Waals surface area contributed by atoms with E-state index in [-0.39, 0.29) is 17.4 Å². The van der Waals surface area contributed by atoms with Crippen LogP contribution in [-0.4, -0.2) is 40.9 Å². The van der Waals surface area contributed by atoms with E-state index in [0.717, 1.165) is 17.2 Å². The molecule has 1 N–H and O–H groups in total. The number of pyridine rings is 1. The van der Waals surface area contributed by atoms with E-state index in [1.807, 2.05) is 42.7 Å². The lowest BCUT2D eigenvalue weighted by atomic mass is 10.0. The first-order chi connectivity index (χ1) is 11.2. The minimum atomic E-state index is -3.07. The van der Waals surface area contributed by atoms with Crippen LogP contribution in [0, 0.1) is 13.8 Å². The van der Waals surface area contributed by atoms with Crippen molar-refractivity contribution in [2.24, 2.45) is 0 Å². The zero-order chi connectivity index (χ0) is 17.5. The minimum Gasteiger partial charge on any atom is -0.346 e. The largest absolute Gasteiger partial charge is 0.346 e. The molecule has 1 unspecified atom stereocenters. The summed E-state index contributed by atoms with van der Waals surface area (Å²) >= 11 is 0. The molecule has 128 valence electrons. The van der Waals surface area contributed by atoms with Gasteiger partial charge in [0.1, 0.15) is 5.82 Å². The Labute approximate surface area is 141 Å². The van der Waals surface area contributed by atoms with Gasteiger partial charge in [-0.25, -0.2) is 13.4 Å². The zero-order valence-electron chi connectivity index (χ0n) is 14.0. The van der Waals surface area contributed by atoms with Crippen LogP contribution in [0.3, 0.4) is 0 Å². The van der Waals surface area contributed by atoms with Crippen LogP contribution in [0.2, 0.25) is 0 Å². The van der Waals surface area contributed by atoms with E-state index in [1.54, 1.807) is 13.1 Å². The fourth-order valence-electron chi connectivity index (χ4n) is 3.28. The van der Waals surface area contributed by atoms with Crippen LogP contribution in [-0.2, 0) is 9.84 Å². The highest BCUT2D eigenvalue weighted by Crippen LogP contribution is 2.25. The van der Waals surface area contributed by atoms with E-state index in [2.05, 4.69) is 10.3 Å². The molecule has 1 aliphatic heterocycles. The number of carbonyl (C=O) groups is 1. The second kappa shape index (κ2) is 5.73. The molecule has 2 aromatic rings. The average Bonchev–Trinajstić information content (AvgIpc) is 2.95. The van der Waals surface area contributed by atoms with Gasteiger partial charge in [0, 0.05) is 17.6 Å². The van der Waals surface area contributed by atoms with Crippen molar-refractivity contribution in [3.05, 3.63) is 47.4 Å². The van der Waals surface area contributed by atoms with E-state index >= 15 is 0 Å². The van der Waals surface area contributed by atoms with Crippen LogP contribution >= 0.6 is 0 Å². The smallest absolute Gasteiger partial charge is 0.253 e. The van der Waals surface area contributed by atoms with E-state index < -0.39 is 15.4 Å². The molecule has 24 heavy (non-hydrogen) atoms. The Morgan fingerprint density at radius 1 is 1.33 bits per heavy atom. The van der Waals surface area contributed by atoms with Crippen molar-refractivity contribution in [2.75, 3.05) is 11.5 Å². The molecule has 0 saturated carbocycles. The second-order valence-corrected chi connectivity index (χ2v) is 8.85. The van der Waals surface area contributed by atoms with Gasteiger partial charge >= 0.3 is 0 Å². The lowest BCUT2D eigenvalue weighted by molar-refractivity contribution is 0.0915. The molecular formula is C17H21N3O3S. The monoisotopic (exact) mass is 347 g/mol. The highest BCUT2D eigenvalue weighted by molar-refractivity contribution is 7.91. The Morgan fingerprint density at radius 2 is 2.08 bits per heavy atom. The molecule has 1 aliphatic rings. The van der Waals surface area contributed by atoms with Crippen molar-refractivity contribution < 1.29 is 13.2 Å². The van der Waals surface area contributed by atoms with E-state index in [1.165, 1.54) is 0 Å². The van der Waals surface area contributed by atoms with Gasteiger partial charge in [0.25, 0.3) is 5.91 Å². The average molecular weight is 347 g/mol. The molecule has 6 nitrogen and oxygen atoms in total. The zero-order valence-corrected chi connectivity index (χ0v) is 14.9. The number of hydrogen-bond donors (Lipinski definition) is 1. The molecule has 0 aliphatic carbocycles. The number of aromatic nitrogens is 2. The van der Waals surface area contributed by atoms with Crippen molar-refractivity contribution >= 4 is 15.7 Å². The third kappa shape index (κ3) is 3.08. The Morgan fingerprint density at radius 3 is 2.67 bits per heavy atom. The lowest BCUT2D eigenvalue weighted by Gasteiger charge is -2.23. The quantitative estimate of drug-likeness (QED) is 0.918. The van der Waals surface area contributed by atoms with E-state index in [4.69, 9.17) is 0 Å². The summed E-state index contributed by atoms with van der Waals surface area (Å²) in [5.41, 5.74) is 1.53. The van der Waals surface area contributed by atoms with E-state index in [9.17, 15) is 13.2 Å². The van der Waals surface area contributed by atoms with Gasteiger partial charge in [0.05, 0.1) is 22.6 Å². The highest BCUT2D eigenvalue weighted by Gasteiger charge is 2.39. The van der Waals surface area contributed by atoms with Gasteiger partial charge in [0.15, 0.2) is 9.84 Å². The molecule has 3 rings (SSSR count). The number of aryl methyl sites for hydroxylation is 1. The summed E-state index contributed by atoms with van der Waals surface area (Å²) in [4.78, 5) is 17.0. The van der Waals surface area contributed by atoms with Crippen molar-refractivity contribution in [1.82, 2.24) is 14.9 Å². The number of hydrogen-bond acceptors (Lipinski definition) is 4. The fraction of sp³-hybridized carbons (Fsp3) is 0.412. The van der Waals surface area contributed by atoms with Crippen LogP contribution < -0.4 is 5.32 Å². The first kappa shape index (κ1) is 16.7. The van der Waals surface area contributed by atoms with Gasteiger partial charge in [-0.05, 0) is 45.4 Å². The van der Waals surface area contributed by atoms with Gasteiger partial charge in [-0.1, -0.05) is 6.07 Å². The molecule has 0 radical (unpaired) electrons. The maximum atomic E-state index is 12.7. The van der Waals surface area contributed by atoms with Crippen molar-refractivity contribution in [2.45, 2.75) is 32.7 Å². The van der Waals surface area contributed by atoms with Crippen molar-refractivity contribution in [1.29, 1.82) is 0 Å². The Kier molecular flexibility index (Phi) is 3.99. The molecule has 2 aromatic heterocycles. The molecule has 1 saturated heterocycles. The lowest BCUT2D eigenvalue weighted by Crippen LogP contribution is -2.47. The third-order valence-electron chi connectivity index (χ3n) is 4.47. The summed E-state index contributed by atoms with van der Waals surface area (Å²) in [6.07, 6.45) is 2.15. The van der Waals surface area contributed by atoms with Gasteiger partial charge < -0.3 is 9.88 Å². The van der Waals surface area contributed by atoms with Crippen molar-refractivity contribution in [3.63, 3.8) is 0 Å². The molecule has 3 heterocycles. The summed E-state index contributed by atoms with van der Waals surface area (Å²) in [5, 5.41) is 2.91. The topological polar surface area (TPSA) is 81.1 Å². The summed E-state index contributed by atoms with van der Waals surface area (Å²) in [5.74, 6) is 0.618. The first-order valence-electron chi connectivity index (χ1n) is 7.84. The van der Waals surface area contributed by atoms with Gasteiger partial charge in [-0.15, -0.1) is 0 Å². The first-order valence-corrected chi connectivity index (χ1v) is 9.66. The molecule has 0 spiro atoms. The predicted molar refractivity (Wildman–Crippen MR) is 92.2 cm³/mol. The number of nitrogens with one attached hydrogen (secondary N) is 1. The minimum absolute atomic E-state index is 0.00921. The fourth-order valence-corrected chi connectivity index (χ4v) is 5.37. The maximum absolute atomic E-state index is 12.7. The highest BCUT2D eigenvalue weighted by atomic mass is 32.2.